The van der Waals surface area contributed by atoms with Crippen LogP contribution in [0, 0.1) is 17.6 Å². The summed E-state index contributed by atoms with van der Waals surface area (Å²) in [6, 6.07) is 15.1. The molecule has 2 atom stereocenters. The fourth-order valence-electron chi connectivity index (χ4n) is 10.6. The third-order valence-electron chi connectivity index (χ3n) is 14.2. The molecule has 3 aromatic carbocycles. The van der Waals surface area contributed by atoms with Crippen LogP contribution in [-0.4, -0.2) is 120 Å². The Balaban J connectivity index is 0.780. The van der Waals surface area contributed by atoms with Crippen LogP contribution in [-0.2, 0) is 20.8 Å². The van der Waals surface area contributed by atoms with Gasteiger partial charge in [0.25, 0.3) is 0 Å². The topological polar surface area (TPSA) is 156 Å². The van der Waals surface area contributed by atoms with Gasteiger partial charge in [0.05, 0.1) is 47.1 Å². The van der Waals surface area contributed by atoms with Gasteiger partial charge in [-0.05, 0) is 96.8 Å². The predicted molar refractivity (Wildman–Crippen MR) is 258 cm³/mol. The van der Waals surface area contributed by atoms with Gasteiger partial charge in [0.15, 0.2) is 13.3 Å². The monoisotopic (exact) mass is 988 g/mol. The number of halogens is 3. The minimum absolute atomic E-state index is 0.0303. The smallest absolute Gasteiger partial charge is 0.234 e. The van der Waals surface area contributed by atoms with E-state index in [1.54, 1.807) is 13.3 Å². The number of piperidine rings is 2. The van der Waals surface area contributed by atoms with Crippen molar-refractivity contribution < 1.29 is 32.8 Å². The Morgan fingerprint density at radius 3 is 2.33 bits per heavy atom. The second kappa shape index (κ2) is 19.7. The first-order valence-corrected chi connectivity index (χ1v) is 26.1. The summed E-state index contributed by atoms with van der Waals surface area (Å²) in [4.78, 5) is 67.3. The van der Waals surface area contributed by atoms with Crippen molar-refractivity contribution in [1.82, 2.24) is 25.1 Å². The quantitative estimate of drug-likeness (QED) is 0.0848. The molecule has 0 saturated carbocycles. The molecule has 9 rings (SSSR count). The molecule has 18 heteroatoms. The minimum Gasteiger partial charge on any atom is -0.494 e. The van der Waals surface area contributed by atoms with Crippen LogP contribution in [0.15, 0.2) is 59.2 Å². The fraction of sp³-hybridized carbons (Fsp3) is 0.479. The molecule has 1 aromatic heterocycles. The van der Waals surface area contributed by atoms with Crippen LogP contribution in [0.1, 0.15) is 68.9 Å². The molecule has 3 amide bonds. The molecule has 0 aliphatic carbocycles. The largest absolute Gasteiger partial charge is 0.494 e. The number of carbonyl (C=O) groups excluding carboxylic acids is 3. The number of rotatable bonds is 12. The minimum atomic E-state index is -2.20. The van der Waals surface area contributed by atoms with Crippen molar-refractivity contribution in [3.63, 3.8) is 0 Å². The molecule has 4 aromatic rings. The zero-order valence-electron chi connectivity index (χ0n) is 37.5. The third-order valence-corrected chi connectivity index (χ3v) is 18.2. The van der Waals surface area contributed by atoms with Gasteiger partial charge in [-0.1, -0.05) is 19.1 Å². The number of para-hydroxylation sites is 1. The first-order chi connectivity index (χ1) is 31.9. The molecule has 0 radical (unpaired) electrons. The lowest BCUT2D eigenvalue weighted by Gasteiger charge is -2.44. The number of nitrogens with zero attached hydrogens (tertiary/aromatic N) is 6. The number of ether oxygens (including phenoxy) is 1. The van der Waals surface area contributed by atoms with Crippen molar-refractivity contribution in [3.05, 3.63) is 82.0 Å². The van der Waals surface area contributed by atoms with Crippen molar-refractivity contribution in [3.8, 4) is 5.75 Å². The number of nitrogens with one attached hydrogen (secondary N) is 3. The summed E-state index contributed by atoms with van der Waals surface area (Å²) < 4.78 is 37.2. The van der Waals surface area contributed by atoms with E-state index in [9.17, 15) is 19.3 Å². The van der Waals surface area contributed by atoms with E-state index in [0.717, 1.165) is 93.0 Å². The molecule has 350 valence electrons. The zero-order valence-corrected chi connectivity index (χ0v) is 40.0. The summed E-state index contributed by atoms with van der Waals surface area (Å²) in [6.45, 7) is 7.69. The van der Waals surface area contributed by atoms with E-state index in [2.05, 4.69) is 65.7 Å². The van der Waals surface area contributed by atoms with Crippen LogP contribution >= 0.6 is 23.4 Å². The second-order valence-corrected chi connectivity index (χ2v) is 22.2. The molecular weight excluding hydrogens is 931 g/mol. The van der Waals surface area contributed by atoms with E-state index >= 15 is 8.78 Å². The fourth-order valence-corrected chi connectivity index (χ4v) is 14.0. The number of carbonyl (C=O) groups is 3. The van der Waals surface area contributed by atoms with Crippen molar-refractivity contribution in [2.24, 2.45) is 5.92 Å². The van der Waals surface area contributed by atoms with Gasteiger partial charge >= 0.3 is 0 Å². The van der Waals surface area contributed by atoms with Crippen LogP contribution in [0.3, 0.4) is 0 Å². The Morgan fingerprint density at radius 1 is 0.924 bits per heavy atom. The van der Waals surface area contributed by atoms with Crippen LogP contribution < -0.4 is 35.8 Å². The molecular formula is C48H58BrF2N9O5P+. The molecule has 6 heterocycles. The maximum atomic E-state index is 15.3. The van der Waals surface area contributed by atoms with Crippen molar-refractivity contribution in [2.75, 3.05) is 92.2 Å². The molecule has 5 aliphatic heterocycles. The molecule has 66 heavy (non-hydrogen) atoms. The lowest BCUT2D eigenvalue weighted by atomic mass is 9.89. The Morgan fingerprint density at radius 2 is 1.64 bits per heavy atom. The summed E-state index contributed by atoms with van der Waals surface area (Å²) in [5.41, 5.74) is 4.01. The molecule has 2 unspecified atom stereocenters. The van der Waals surface area contributed by atoms with Crippen molar-refractivity contribution in [2.45, 2.75) is 70.3 Å². The predicted octanol–water partition coefficient (Wildman–Crippen LogP) is 7.08. The summed E-state index contributed by atoms with van der Waals surface area (Å²) in [7, 11) is -0.531. The summed E-state index contributed by atoms with van der Waals surface area (Å²) in [5.74, 6) is -2.30. The number of methoxy groups -OCH3 is 1. The van der Waals surface area contributed by atoms with Crippen molar-refractivity contribution >= 4 is 81.0 Å². The normalized spacial score (nSPS) is 21.6. The SMILES string of the molecule is CCc1cc(Nc2ncc(Br)c(Nc3ccccc3[P+]3(O)CCCC3)n2)c(OC)cc1N1CCC(N2CCN(C(=O)C3CCN(c4cc(F)c(C5CCC(=O)NC5=O)c(F)c4)C3)CC2)CC1. The number of anilines is 6. The number of aromatic nitrogens is 2. The number of imide groups is 1. The highest BCUT2D eigenvalue weighted by Gasteiger charge is 2.44. The highest BCUT2D eigenvalue weighted by Crippen LogP contribution is 2.60. The number of aryl methyl sites for hydroxylation is 1. The number of hydrogen-bond donors (Lipinski definition) is 4. The molecule has 5 saturated heterocycles. The molecule has 5 aliphatic rings. The summed E-state index contributed by atoms with van der Waals surface area (Å²) in [5, 5.41) is 10.0. The van der Waals surface area contributed by atoms with Gasteiger partial charge in [-0.25, -0.2) is 18.7 Å². The highest BCUT2D eigenvalue weighted by molar-refractivity contribution is 9.10. The number of hydrogen-bond acceptors (Lipinski definition) is 12. The van der Waals surface area contributed by atoms with E-state index in [1.165, 1.54) is 17.7 Å². The van der Waals surface area contributed by atoms with Crippen molar-refractivity contribution in [1.29, 1.82) is 0 Å². The number of amides is 3. The van der Waals surface area contributed by atoms with Crippen LogP contribution in [0.4, 0.5) is 43.3 Å². The highest BCUT2D eigenvalue weighted by atomic mass is 79.9. The second-order valence-electron chi connectivity index (χ2n) is 18.1. The zero-order chi connectivity index (χ0) is 46.1. The van der Waals surface area contributed by atoms with E-state index in [-0.39, 0.29) is 30.2 Å². The van der Waals surface area contributed by atoms with E-state index < -0.39 is 36.9 Å². The van der Waals surface area contributed by atoms with Gasteiger partial charge in [0.1, 0.15) is 22.7 Å². The third kappa shape index (κ3) is 9.59. The average Bonchev–Trinajstić information content (AvgIpc) is 4.01. The maximum Gasteiger partial charge on any atom is 0.234 e. The van der Waals surface area contributed by atoms with Crippen LogP contribution in [0.5, 0.6) is 5.75 Å². The molecule has 4 N–H and O–H groups in total. The van der Waals surface area contributed by atoms with Gasteiger partial charge in [0, 0.05) is 94.0 Å². The van der Waals surface area contributed by atoms with Gasteiger partial charge in [0.2, 0.25) is 23.7 Å². The van der Waals surface area contributed by atoms with E-state index in [0.29, 0.717) is 66.3 Å². The lowest BCUT2D eigenvalue weighted by molar-refractivity contribution is -0.137. The Hall–Kier alpha value is -4.96. The average molecular weight is 990 g/mol. The van der Waals surface area contributed by atoms with Gasteiger partial charge < -0.3 is 30.1 Å². The summed E-state index contributed by atoms with van der Waals surface area (Å²) in [6.07, 6.45) is 9.00. The molecule has 0 bridgehead atoms. The first-order valence-electron chi connectivity index (χ1n) is 23.2. The Labute approximate surface area is 393 Å². The van der Waals surface area contributed by atoms with Gasteiger partial charge in [-0.15, -0.1) is 0 Å². The number of benzene rings is 3. The Kier molecular flexibility index (Phi) is 13.8. The van der Waals surface area contributed by atoms with E-state index in [1.807, 2.05) is 34.1 Å². The molecule has 5 fully saturated rings. The van der Waals surface area contributed by atoms with Crippen LogP contribution in [0.25, 0.3) is 0 Å². The maximum absolute atomic E-state index is 15.3. The number of piperazine rings is 1. The first kappa shape index (κ1) is 46.2. The molecule has 0 spiro atoms. The summed E-state index contributed by atoms with van der Waals surface area (Å²) >= 11 is 3.62. The lowest BCUT2D eigenvalue weighted by Crippen LogP contribution is -2.55. The van der Waals surface area contributed by atoms with E-state index in [4.69, 9.17) is 9.72 Å². The van der Waals surface area contributed by atoms with Gasteiger partial charge in [-0.2, -0.15) is 4.98 Å². The molecule has 14 nitrogen and oxygen atoms in total. The van der Waals surface area contributed by atoms with Crippen LogP contribution in [0.2, 0.25) is 0 Å². The van der Waals surface area contributed by atoms with Gasteiger partial charge in [-0.3, -0.25) is 24.6 Å². The Bertz CT molecular complexity index is 2460. The standard InChI is InChI=1S/C48H57BrF2N9O5P/c1-3-30-24-39(54-48-52-28-35(49)45(56-48)53-38-8-4-5-9-42(38)66(64)22-6-7-23-66)41(65-2)27-40(30)58-16-13-32(14-17-58)57-18-20-59(21-19-57)47(63)31-12-15-60(29-31)33-25-36(50)44(37(51)26-33)34-10-11-43(61)55-46(34)62/h4-5,8-9,24-28,31-32,34,64H,3,6-7,10-23,29H2,1-2H3,(H2-,52,53,54,55,56,61,62)/p+1.